The molecule has 3 N–H and O–H groups in total. The highest BCUT2D eigenvalue weighted by Crippen LogP contribution is 2.26. The van der Waals surface area contributed by atoms with Gasteiger partial charge in [-0.3, -0.25) is 0 Å². The molecule has 0 fully saturated rings. The number of rotatable bonds is 8. The first-order valence-corrected chi connectivity index (χ1v) is 7.48. The van der Waals surface area contributed by atoms with E-state index < -0.39 is 5.97 Å². The second-order valence-electron chi connectivity index (χ2n) is 6.09. The molecule has 5 heteroatoms. The zero-order valence-electron chi connectivity index (χ0n) is 13.5. The zero-order valence-corrected chi connectivity index (χ0v) is 13.5. The number of unbranched alkanes of at least 4 members (excludes halogenated alkanes) is 2. The van der Waals surface area contributed by atoms with Gasteiger partial charge >= 0.3 is 5.97 Å². The lowest BCUT2D eigenvalue weighted by atomic mass is 9.87. The Morgan fingerprint density at radius 1 is 1.43 bits per heavy atom. The number of hydrogen-bond acceptors (Lipinski definition) is 5. The fourth-order valence-electron chi connectivity index (χ4n) is 2.17. The first-order chi connectivity index (χ1) is 9.91. The number of aromatic nitrogens is 1. The lowest BCUT2D eigenvalue weighted by molar-refractivity contribution is 0.0602. The van der Waals surface area contributed by atoms with E-state index in [-0.39, 0.29) is 5.41 Å². The Balaban J connectivity index is 2.69. The minimum Gasteiger partial charge on any atom is -0.465 e. The van der Waals surface area contributed by atoms with Crippen LogP contribution < -0.4 is 11.1 Å². The fourth-order valence-corrected chi connectivity index (χ4v) is 2.17. The molecule has 1 heterocycles. The number of anilines is 2. The summed E-state index contributed by atoms with van der Waals surface area (Å²) in [5, 5.41) is 3.26. The fraction of sp³-hybridized carbons (Fsp3) is 0.625. The molecule has 0 spiro atoms. The normalized spacial score (nSPS) is 11.2. The molecule has 0 saturated carbocycles. The standard InChI is InChI=1S/C16H27N3O2/c1-5-6-7-9-16(2,3)11-19-14-13(17)12(8-10-18-14)15(20)21-4/h8,10H,5-7,9,11,17H2,1-4H3,(H,18,19). The maximum absolute atomic E-state index is 11.6. The van der Waals surface area contributed by atoms with Crippen LogP contribution in [0.4, 0.5) is 11.5 Å². The van der Waals surface area contributed by atoms with Gasteiger partial charge in [0.1, 0.15) is 5.82 Å². The van der Waals surface area contributed by atoms with Crippen molar-refractivity contribution in [3.05, 3.63) is 17.8 Å². The molecule has 0 bridgehead atoms. The van der Waals surface area contributed by atoms with Crippen LogP contribution in [-0.2, 0) is 4.74 Å². The second-order valence-corrected chi connectivity index (χ2v) is 6.09. The number of nitrogens with two attached hydrogens (primary N) is 1. The zero-order chi connectivity index (χ0) is 15.9. The van der Waals surface area contributed by atoms with Gasteiger partial charge in [-0.05, 0) is 17.9 Å². The van der Waals surface area contributed by atoms with Gasteiger partial charge < -0.3 is 15.8 Å². The van der Waals surface area contributed by atoms with E-state index in [2.05, 4.69) is 31.1 Å². The molecule has 1 aromatic heterocycles. The number of methoxy groups -OCH3 is 1. The molecular formula is C16H27N3O2. The topological polar surface area (TPSA) is 77.2 Å². The van der Waals surface area contributed by atoms with Gasteiger partial charge in [-0.1, -0.05) is 40.0 Å². The Labute approximate surface area is 127 Å². The van der Waals surface area contributed by atoms with E-state index in [4.69, 9.17) is 10.5 Å². The van der Waals surface area contributed by atoms with Crippen molar-refractivity contribution in [3.63, 3.8) is 0 Å². The maximum Gasteiger partial charge on any atom is 0.340 e. The van der Waals surface area contributed by atoms with Gasteiger partial charge in [-0.15, -0.1) is 0 Å². The number of nitrogens with one attached hydrogen (secondary N) is 1. The number of pyridine rings is 1. The molecule has 21 heavy (non-hydrogen) atoms. The highest BCUT2D eigenvalue weighted by Gasteiger charge is 2.19. The third kappa shape index (κ3) is 5.25. The highest BCUT2D eigenvalue weighted by molar-refractivity contribution is 5.97. The van der Waals surface area contributed by atoms with Crippen molar-refractivity contribution in [2.75, 3.05) is 24.7 Å². The first-order valence-electron chi connectivity index (χ1n) is 7.48. The predicted molar refractivity (Wildman–Crippen MR) is 86.4 cm³/mol. The van der Waals surface area contributed by atoms with Gasteiger partial charge in [0.15, 0.2) is 0 Å². The van der Waals surface area contributed by atoms with E-state index in [9.17, 15) is 4.79 Å². The molecule has 0 saturated heterocycles. The van der Waals surface area contributed by atoms with E-state index in [0.717, 1.165) is 13.0 Å². The predicted octanol–water partition coefficient (Wildman–Crippen LogP) is 3.47. The van der Waals surface area contributed by atoms with Gasteiger partial charge in [0.2, 0.25) is 0 Å². The smallest absolute Gasteiger partial charge is 0.340 e. The molecule has 118 valence electrons. The van der Waals surface area contributed by atoms with Gasteiger partial charge in [0, 0.05) is 12.7 Å². The van der Waals surface area contributed by atoms with Gasteiger partial charge in [-0.25, -0.2) is 9.78 Å². The van der Waals surface area contributed by atoms with Crippen LogP contribution in [0.25, 0.3) is 0 Å². The molecule has 0 radical (unpaired) electrons. The minimum absolute atomic E-state index is 0.157. The molecule has 0 unspecified atom stereocenters. The molecule has 0 aromatic carbocycles. The lowest BCUT2D eigenvalue weighted by Crippen LogP contribution is -2.24. The summed E-state index contributed by atoms with van der Waals surface area (Å²) in [5.74, 6) is 0.0987. The summed E-state index contributed by atoms with van der Waals surface area (Å²) < 4.78 is 4.71. The van der Waals surface area contributed by atoms with Crippen molar-refractivity contribution >= 4 is 17.5 Å². The van der Waals surface area contributed by atoms with E-state index >= 15 is 0 Å². The second kappa shape index (κ2) is 7.86. The molecule has 1 rings (SSSR count). The van der Waals surface area contributed by atoms with E-state index in [0.29, 0.717) is 17.1 Å². The van der Waals surface area contributed by atoms with E-state index in [1.165, 1.54) is 26.4 Å². The number of nitrogens with zero attached hydrogens (tertiary/aromatic N) is 1. The largest absolute Gasteiger partial charge is 0.465 e. The van der Waals surface area contributed by atoms with E-state index in [1.807, 2.05) is 0 Å². The summed E-state index contributed by atoms with van der Waals surface area (Å²) in [4.78, 5) is 15.8. The average Bonchev–Trinajstić information content (AvgIpc) is 2.45. The number of nitrogen functional groups attached to an aromatic ring is 1. The summed E-state index contributed by atoms with van der Waals surface area (Å²) >= 11 is 0. The van der Waals surface area contributed by atoms with Crippen molar-refractivity contribution in [3.8, 4) is 0 Å². The van der Waals surface area contributed by atoms with Gasteiger partial charge in [-0.2, -0.15) is 0 Å². The summed E-state index contributed by atoms with van der Waals surface area (Å²) in [5.41, 5.74) is 6.83. The van der Waals surface area contributed by atoms with E-state index in [1.54, 1.807) is 12.3 Å². The number of ether oxygens (including phenoxy) is 1. The van der Waals surface area contributed by atoms with Crippen molar-refractivity contribution in [2.45, 2.75) is 46.5 Å². The molecular weight excluding hydrogens is 266 g/mol. The number of hydrogen-bond donors (Lipinski definition) is 2. The Morgan fingerprint density at radius 3 is 2.76 bits per heavy atom. The number of carbonyl (C=O) groups excluding carboxylic acids is 1. The molecule has 5 nitrogen and oxygen atoms in total. The van der Waals surface area contributed by atoms with Gasteiger partial charge in [0.05, 0.1) is 18.4 Å². The van der Waals surface area contributed by atoms with Crippen LogP contribution >= 0.6 is 0 Å². The molecule has 0 aliphatic carbocycles. The Hall–Kier alpha value is -1.78. The number of carbonyl (C=O) groups is 1. The van der Waals surface area contributed by atoms with Crippen molar-refractivity contribution < 1.29 is 9.53 Å². The van der Waals surface area contributed by atoms with Gasteiger partial charge in [0.25, 0.3) is 0 Å². The quantitative estimate of drug-likeness (QED) is 0.567. The lowest BCUT2D eigenvalue weighted by Gasteiger charge is -2.25. The molecule has 0 aliphatic rings. The first kappa shape index (κ1) is 17.3. The van der Waals surface area contributed by atoms with Crippen LogP contribution in [0, 0.1) is 5.41 Å². The van der Waals surface area contributed by atoms with Crippen molar-refractivity contribution in [1.29, 1.82) is 0 Å². The summed E-state index contributed by atoms with van der Waals surface area (Å²) in [6.45, 7) is 7.40. The number of esters is 1. The summed E-state index contributed by atoms with van der Waals surface area (Å²) in [7, 11) is 1.34. The SMILES string of the molecule is CCCCCC(C)(C)CNc1nccc(C(=O)OC)c1N. The monoisotopic (exact) mass is 293 g/mol. The summed E-state index contributed by atoms with van der Waals surface area (Å²) in [6.07, 6.45) is 6.40. The average molecular weight is 293 g/mol. The molecule has 1 aromatic rings. The van der Waals surface area contributed by atoms with Crippen LogP contribution in [0.15, 0.2) is 12.3 Å². The Bertz CT molecular complexity index is 473. The van der Waals surface area contributed by atoms with Crippen LogP contribution in [0.2, 0.25) is 0 Å². The molecule has 0 atom stereocenters. The van der Waals surface area contributed by atoms with Crippen LogP contribution in [0.1, 0.15) is 56.8 Å². The Morgan fingerprint density at radius 2 is 2.14 bits per heavy atom. The third-order valence-electron chi connectivity index (χ3n) is 3.59. The maximum atomic E-state index is 11.6. The van der Waals surface area contributed by atoms with Crippen LogP contribution in [0.5, 0.6) is 0 Å². The molecule has 0 amide bonds. The van der Waals surface area contributed by atoms with Crippen molar-refractivity contribution in [1.82, 2.24) is 4.98 Å². The van der Waals surface area contributed by atoms with Crippen LogP contribution in [0.3, 0.4) is 0 Å². The molecule has 0 aliphatic heterocycles. The minimum atomic E-state index is -0.444. The van der Waals surface area contributed by atoms with Crippen molar-refractivity contribution in [2.24, 2.45) is 5.41 Å². The summed E-state index contributed by atoms with van der Waals surface area (Å²) in [6, 6.07) is 1.57. The highest BCUT2D eigenvalue weighted by atomic mass is 16.5. The Kier molecular flexibility index (Phi) is 6.46. The van der Waals surface area contributed by atoms with Crippen LogP contribution in [-0.4, -0.2) is 24.6 Å². The third-order valence-corrected chi connectivity index (χ3v) is 3.59.